The number of hydrogen-bond acceptors (Lipinski definition) is 5. The summed E-state index contributed by atoms with van der Waals surface area (Å²) in [7, 11) is 0. The van der Waals surface area contributed by atoms with Crippen LogP contribution < -0.4 is 10.1 Å². The van der Waals surface area contributed by atoms with E-state index in [2.05, 4.69) is 20.3 Å². The zero-order chi connectivity index (χ0) is 16.9. The summed E-state index contributed by atoms with van der Waals surface area (Å²) in [6.45, 7) is -0.688. The Morgan fingerprint density at radius 1 is 1.25 bits per heavy atom. The lowest BCUT2D eigenvalue weighted by molar-refractivity contribution is -0.0504. The second-order valence-electron chi connectivity index (χ2n) is 6.12. The molecule has 7 heteroatoms. The molecule has 0 aliphatic heterocycles. The normalized spacial score (nSPS) is 15.7. The van der Waals surface area contributed by atoms with Crippen molar-refractivity contribution in [2.75, 3.05) is 5.32 Å². The van der Waals surface area contributed by atoms with Crippen molar-refractivity contribution in [2.24, 2.45) is 0 Å². The van der Waals surface area contributed by atoms with E-state index in [-0.39, 0.29) is 12.3 Å². The molecular formula is C17H21F2N3O2. The molecular weight excluding hydrogens is 316 g/mol. The highest BCUT2D eigenvalue weighted by Gasteiger charge is 2.21. The summed E-state index contributed by atoms with van der Waals surface area (Å²) in [6, 6.07) is 5.37. The molecule has 0 bridgehead atoms. The van der Waals surface area contributed by atoms with Gasteiger partial charge in [-0.15, -0.1) is 5.10 Å². The van der Waals surface area contributed by atoms with E-state index in [1.54, 1.807) is 18.2 Å². The minimum Gasteiger partial charge on any atom is -0.434 e. The van der Waals surface area contributed by atoms with E-state index in [0.29, 0.717) is 23.4 Å². The molecule has 0 unspecified atom stereocenters. The first kappa shape index (κ1) is 16.7. The van der Waals surface area contributed by atoms with E-state index in [4.69, 9.17) is 4.42 Å². The fourth-order valence-electron chi connectivity index (χ4n) is 3.05. The average Bonchev–Trinajstić information content (AvgIpc) is 3.04. The van der Waals surface area contributed by atoms with Crippen LogP contribution in [-0.2, 0) is 6.54 Å². The number of aromatic nitrogens is 2. The zero-order valence-corrected chi connectivity index (χ0v) is 13.6. The number of rotatable bonds is 6. The predicted octanol–water partition coefficient (Wildman–Crippen LogP) is 4.64. The smallest absolute Gasteiger partial charge is 0.387 e. The van der Waals surface area contributed by atoms with Crippen LogP contribution >= 0.6 is 0 Å². The van der Waals surface area contributed by atoms with Crippen molar-refractivity contribution in [3.8, 4) is 5.75 Å². The number of benzene rings is 1. The van der Waals surface area contributed by atoms with E-state index in [1.165, 1.54) is 19.3 Å². The second kappa shape index (κ2) is 7.59. The summed E-state index contributed by atoms with van der Waals surface area (Å²) in [4.78, 5) is 0. The summed E-state index contributed by atoms with van der Waals surface area (Å²) >= 11 is 0. The molecule has 1 aliphatic rings. The van der Waals surface area contributed by atoms with Gasteiger partial charge in [-0.3, -0.25) is 0 Å². The number of anilines is 1. The zero-order valence-electron chi connectivity index (χ0n) is 13.6. The third kappa shape index (κ3) is 4.21. The van der Waals surface area contributed by atoms with Crippen LogP contribution in [0.5, 0.6) is 5.75 Å². The van der Waals surface area contributed by atoms with Gasteiger partial charge in [-0.25, -0.2) is 0 Å². The summed E-state index contributed by atoms with van der Waals surface area (Å²) in [5, 5.41) is 11.1. The summed E-state index contributed by atoms with van der Waals surface area (Å²) in [5.74, 6) is 1.14. The van der Waals surface area contributed by atoms with E-state index < -0.39 is 6.61 Å². The molecule has 0 radical (unpaired) electrons. The van der Waals surface area contributed by atoms with Gasteiger partial charge >= 0.3 is 12.6 Å². The molecule has 1 heterocycles. The van der Waals surface area contributed by atoms with Crippen LogP contribution in [0.2, 0.25) is 0 Å². The molecule has 2 aromatic rings. The molecule has 0 spiro atoms. The molecule has 0 amide bonds. The summed E-state index contributed by atoms with van der Waals surface area (Å²) in [6.07, 6.45) is 5.79. The average molecular weight is 337 g/mol. The van der Waals surface area contributed by atoms with Gasteiger partial charge in [-0.2, -0.15) is 8.78 Å². The van der Waals surface area contributed by atoms with Crippen LogP contribution in [-0.4, -0.2) is 16.8 Å². The molecule has 3 rings (SSSR count). The molecule has 1 fully saturated rings. The van der Waals surface area contributed by atoms with Crippen LogP contribution in [0, 0.1) is 6.92 Å². The van der Waals surface area contributed by atoms with Gasteiger partial charge in [0.15, 0.2) is 0 Å². The maximum Gasteiger partial charge on any atom is 0.387 e. The third-order valence-electron chi connectivity index (χ3n) is 4.26. The molecule has 0 saturated heterocycles. The standard InChI is InChI=1S/C17H21F2N3O2/c1-11-7-8-14(23-16(18)19)13(9-11)10-20-17-22-21-15(24-17)12-5-3-2-4-6-12/h7-9,12,16H,2-6,10H2,1H3,(H,20,22). The quantitative estimate of drug-likeness (QED) is 0.832. The monoisotopic (exact) mass is 337 g/mol. The molecule has 1 N–H and O–H groups in total. The first-order chi connectivity index (χ1) is 11.6. The Morgan fingerprint density at radius 3 is 2.79 bits per heavy atom. The van der Waals surface area contributed by atoms with E-state index in [0.717, 1.165) is 18.4 Å². The molecule has 5 nitrogen and oxygen atoms in total. The highest BCUT2D eigenvalue weighted by molar-refractivity contribution is 5.39. The van der Waals surface area contributed by atoms with Gasteiger partial charge in [0.2, 0.25) is 5.89 Å². The van der Waals surface area contributed by atoms with Crippen molar-refractivity contribution in [2.45, 2.75) is 58.1 Å². The van der Waals surface area contributed by atoms with Crippen LogP contribution in [0.25, 0.3) is 0 Å². The molecule has 0 atom stereocenters. The lowest BCUT2D eigenvalue weighted by atomic mass is 9.89. The number of aryl methyl sites for hydroxylation is 1. The van der Waals surface area contributed by atoms with Crippen LogP contribution in [0.4, 0.5) is 14.8 Å². The second-order valence-corrected chi connectivity index (χ2v) is 6.12. The fourth-order valence-corrected chi connectivity index (χ4v) is 3.05. The van der Waals surface area contributed by atoms with Gasteiger partial charge in [0.1, 0.15) is 5.75 Å². The Bertz CT molecular complexity index is 670. The Kier molecular flexibility index (Phi) is 5.27. The van der Waals surface area contributed by atoms with Gasteiger partial charge in [0.25, 0.3) is 0 Å². The van der Waals surface area contributed by atoms with E-state index in [1.807, 2.05) is 6.92 Å². The van der Waals surface area contributed by atoms with Gasteiger partial charge in [0, 0.05) is 18.0 Å². The third-order valence-corrected chi connectivity index (χ3v) is 4.26. The van der Waals surface area contributed by atoms with Gasteiger partial charge < -0.3 is 14.5 Å². The molecule has 24 heavy (non-hydrogen) atoms. The molecule has 1 aliphatic carbocycles. The molecule has 130 valence electrons. The molecule has 1 aromatic heterocycles. The first-order valence-corrected chi connectivity index (χ1v) is 8.23. The van der Waals surface area contributed by atoms with E-state index >= 15 is 0 Å². The minimum atomic E-state index is -2.85. The Labute approximate surface area is 139 Å². The predicted molar refractivity (Wildman–Crippen MR) is 85.3 cm³/mol. The largest absolute Gasteiger partial charge is 0.434 e. The number of alkyl halides is 2. The van der Waals surface area contributed by atoms with Gasteiger partial charge in [-0.1, -0.05) is 42.1 Å². The highest BCUT2D eigenvalue weighted by Crippen LogP contribution is 2.32. The fraction of sp³-hybridized carbons (Fsp3) is 0.529. The highest BCUT2D eigenvalue weighted by atomic mass is 19.3. The van der Waals surface area contributed by atoms with Crippen molar-refractivity contribution in [3.05, 3.63) is 35.2 Å². The number of halogens is 2. The van der Waals surface area contributed by atoms with Crippen molar-refractivity contribution < 1.29 is 17.9 Å². The lowest BCUT2D eigenvalue weighted by Gasteiger charge is -2.17. The van der Waals surface area contributed by atoms with Crippen LogP contribution in [0.1, 0.15) is 55.0 Å². The summed E-state index contributed by atoms with van der Waals surface area (Å²) in [5.41, 5.74) is 1.58. The van der Waals surface area contributed by atoms with Gasteiger partial charge in [0.05, 0.1) is 0 Å². The van der Waals surface area contributed by atoms with Crippen LogP contribution in [0.15, 0.2) is 22.6 Å². The minimum absolute atomic E-state index is 0.148. The summed E-state index contributed by atoms with van der Waals surface area (Å²) < 4.78 is 35.2. The first-order valence-electron chi connectivity index (χ1n) is 8.23. The van der Waals surface area contributed by atoms with Crippen molar-refractivity contribution in [3.63, 3.8) is 0 Å². The van der Waals surface area contributed by atoms with Crippen LogP contribution in [0.3, 0.4) is 0 Å². The maximum atomic E-state index is 12.5. The Hall–Kier alpha value is -2.18. The number of hydrogen-bond donors (Lipinski definition) is 1. The molecule has 1 aromatic carbocycles. The van der Waals surface area contributed by atoms with Crippen molar-refractivity contribution in [1.82, 2.24) is 10.2 Å². The Morgan fingerprint density at radius 2 is 2.04 bits per heavy atom. The SMILES string of the molecule is Cc1ccc(OC(F)F)c(CNc2nnc(C3CCCCC3)o2)c1. The van der Waals surface area contributed by atoms with E-state index in [9.17, 15) is 8.78 Å². The number of nitrogens with zero attached hydrogens (tertiary/aromatic N) is 2. The number of nitrogens with one attached hydrogen (secondary N) is 1. The molecule has 1 saturated carbocycles. The maximum absolute atomic E-state index is 12.5. The number of ether oxygens (including phenoxy) is 1. The van der Waals surface area contributed by atoms with Crippen molar-refractivity contribution >= 4 is 6.01 Å². The van der Waals surface area contributed by atoms with Gasteiger partial charge in [-0.05, 0) is 25.8 Å². The lowest BCUT2D eigenvalue weighted by Crippen LogP contribution is -2.07. The Balaban J connectivity index is 1.65. The van der Waals surface area contributed by atoms with Crippen molar-refractivity contribution in [1.29, 1.82) is 0 Å². The topological polar surface area (TPSA) is 60.2 Å².